The third kappa shape index (κ3) is 3.00. The topological polar surface area (TPSA) is 68.3 Å². The van der Waals surface area contributed by atoms with Crippen molar-refractivity contribution >= 4 is 20.1 Å². The highest BCUT2D eigenvalue weighted by Gasteiger charge is 2.58. The normalized spacial score (nSPS) is 31.4. The third-order valence-corrected chi connectivity index (χ3v) is 11.2. The van der Waals surface area contributed by atoms with Crippen LogP contribution in [0.15, 0.2) is 0 Å². The Balaban J connectivity index is 1.76. The fraction of sp³-hybridized carbons (Fsp3) is 0.889. The number of amides is 2. The molecule has 0 N–H and O–H groups in total. The summed E-state index contributed by atoms with van der Waals surface area (Å²) >= 11 is 0. The predicted molar refractivity (Wildman–Crippen MR) is 99.1 cm³/mol. The maximum absolute atomic E-state index is 13.0. The zero-order valence-electron chi connectivity index (χ0n) is 17.0. The Kier molecular flexibility index (Phi) is 4.79. The molecule has 3 fully saturated rings. The molecule has 0 unspecified atom stereocenters. The van der Waals surface area contributed by atoms with Gasteiger partial charge in [0.2, 0.25) is 11.8 Å². The van der Waals surface area contributed by atoms with Crippen molar-refractivity contribution in [2.45, 2.75) is 75.7 Å². The van der Waals surface area contributed by atoms with Gasteiger partial charge in [0.25, 0.3) is 0 Å². The number of fused-ring (bicyclic) bond motifs is 2. The molecule has 3 saturated heterocycles. The van der Waals surface area contributed by atoms with Gasteiger partial charge in [0.15, 0.2) is 14.1 Å². The molecule has 2 amide bonds. The number of hydrogen-bond donors (Lipinski definition) is 0. The summed E-state index contributed by atoms with van der Waals surface area (Å²) in [7, 11) is 1.17. The predicted octanol–water partition coefficient (Wildman–Crippen LogP) is 1.58. The first-order valence-electron chi connectivity index (χ1n) is 9.34. The molecule has 0 aromatic carbocycles. The van der Waals surface area contributed by atoms with E-state index in [9.17, 15) is 9.59 Å². The standard InChI is InChI=1S/C18H32N2O5Si/c1-17(2,3)26(6,7)25-12-8-13-15(21)20-11-18(23-4,24-5)9-14(20)16(22)19(13)10-12/h12-14H,8-11H2,1-7H3/t12-,13-,14-/m0/s1. The Hall–Kier alpha value is -0.963. The molecule has 3 atom stereocenters. The van der Waals surface area contributed by atoms with E-state index >= 15 is 0 Å². The van der Waals surface area contributed by atoms with Gasteiger partial charge in [0, 0.05) is 33.6 Å². The molecule has 0 bridgehead atoms. The number of nitrogens with zero attached hydrogens (tertiary/aromatic N) is 2. The second kappa shape index (κ2) is 6.29. The lowest BCUT2D eigenvalue weighted by Crippen LogP contribution is -2.60. The SMILES string of the molecule is COC1(OC)C[C@H]2C(=O)N3C[C@@H](O[Si](C)(C)C(C)(C)C)C[C@H]3C(=O)N2C1. The first kappa shape index (κ1) is 19.8. The van der Waals surface area contributed by atoms with Crippen LogP contribution in [-0.4, -0.2) is 81.2 Å². The van der Waals surface area contributed by atoms with Gasteiger partial charge in [-0.1, -0.05) is 20.8 Å². The van der Waals surface area contributed by atoms with Gasteiger partial charge in [-0.2, -0.15) is 0 Å². The number of methoxy groups -OCH3 is 2. The van der Waals surface area contributed by atoms with Gasteiger partial charge < -0.3 is 23.7 Å². The zero-order valence-corrected chi connectivity index (χ0v) is 18.0. The maximum atomic E-state index is 13.0. The van der Waals surface area contributed by atoms with Crippen molar-refractivity contribution < 1.29 is 23.5 Å². The van der Waals surface area contributed by atoms with Crippen molar-refractivity contribution in [1.82, 2.24) is 9.80 Å². The molecular formula is C18H32N2O5Si. The minimum atomic E-state index is -1.94. The minimum absolute atomic E-state index is 0.00749. The highest BCUT2D eigenvalue weighted by molar-refractivity contribution is 6.74. The monoisotopic (exact) mass is 384 g/mol. The van der Waals surface area contributed by atoms with Crippen LogP contribution in [0.2, 0.25) is 18.1 Å². The largest absolute Gasteiger partial charge is 0.412 e. The average molecular weight is 385 g/mol. The van der Waals surface area contributed by atoms with Gasteiger partial charge in [-0.3, -0.25) is 9.59 Å². The van der Waals surface area contributed by atoms with E-state index in [1.54, 1.807) is 24.0 Å². The minimum Gasteiger partial charge on any atom is -0.412 e. The van der Waals surface area contributed by atoms with E-state index in [0.717, 1.165) is 0 Å². The summed E-state index contributed by atoms with van der Waals surface area (Å²) in [6, 6.07) is -0.914. The van der Waals surface area contributed by atoms with Crippen LogP contribution < -0.4 is 0 Å². The lowest BCUT2D eigenvalue weighted by atomic mass is 10.1. The van der Waals surface area contributed by atoms with Gasteiger partial charge in [0.1, 0.15) is 12.1 Å². The molecule has 0 saturated carbocycles. The number of piperazine rings is 1. The number of rotatable bonds is 4. The van der Waals surface area contributed by atoms with Crippen LogP contribution in [0.1, 0.15) is 33.6 Å². The van der Waals surface area contributed by atoms with Gasteiger partial charge in [-0.15, -0.1) is 0 Å². The molecule has 26 heavy (non-hydrogen) atoms. The Labute approximate surface area is 157 Å². The number of ether oxygens (including phenoxy) is 2. The van der Waals surface area contributed by atoms with Crippen molar-refractivity contribution in [2.75, 3.05) is 27.3 Å². The smallest absolute Gasteiger partial charge is 0.246 e. The summed E-state index contributed by atoms with van der Waals surface area (Å²) in [6.07, 6.45) is 0.887. The average Bonchev–Trinajstić information content (AvgIpc) is 3.14. The number of carbonyl (C=O) groups excluding carboxylic acids is 2. The van der Waals surface area contributed by atoms with Crippen LogP contribution in [0.4, 0.5) is 0 Å². The molecule has 3 aliphatic heterocycles. The van der Waals surface area contributed by atoms with Gasteiger partial charge in [0.05, 0.1) is 12.6 Å². The second-order valence-corrected chi connectivity index (χ2v) is 14.0. The summed E-state index contributed by atoms with van der Waals surface area (Å²) in [5.74, 6) is -0.897. The third-order valence-electron chi connectivity index (χ3n) is 6.70. The molecule has 8 heteroatoms. The maximum Gasteiger partial charge on any atom is 0.246 e. The second-order valence-electron chi connectivity index (χ2n) is 9.25. The van der Waals surface area contributed by atoms with E-state index in [2.05, 4.69) is 33.9 Å². The molecule has 0 aromatic heterocycles. The molecule has 0 radical (unpaired) electrons. The first-order valence-corrected chi connectivity index (χ1v) is 12.2. The van der Waals surface area contributed by atoms with Crippen molar-refractivity contribution in [3.63, 3.8) is 0 Å². The van der Waals surface area contributed by atoms with Gasteiger partial charge in [-0.05, 0) is 18.1 Å². The summed E-state index contributed by atoms with van der Waals surface area (Å²) in [5.41, 5.74) is 0. The fourth-order valence-electron chi connectivity index (χ4n) is 4.01. The van der Waals surface area contributed by atoms with Crippen LogP contribution in [0.25, 0.3) is 0 Å². The lowest BCUT2D eigenvalue weighted by molar-refractivity contribution is -0.196. The molecule has 148 valence electrons. The Morgan fingerprint density at radius 3 is 2.15 bits per heavy atom. The molecule has 3 aliphatic rings. The Morgan fingerprint density at radius 1 is 1.04 bits per heavy atom. The van der Waals surface area contributed by atoms with Crippen molar-refractivity contribution in [3.8, 4) is 0 Å². The molecule has 7 nitrogen and oxygen atoms in total. The van der Waals surface area contributed by atoms with E-state index in [4.69, 9.17) is 13.9 Å². The van der Waals surface area contributed by atoms with E-state index in [-0.39, 0.29) is 23.0 Å². The molecule has 0 spiro atoms. The Bertz CT molecular complexity index is 565. The van der Waals surface area contributed by atoms with Crippen LogP contribution in [0.3, 0.4) is 0 Å². The fourth-order valence-corrected chi connectivity index (χ4v) is 5.36. The number of hydrogen-bond acceptors (Lipinski definition) is 5. The van der Waals surface area contributed by atoms with E-state index < -0.39 is 26.2 Å². The first-order chi connectivity index (χ1) is 11.9. The van der Waals surface area contributed by atoms with Crippen LogP contribution in [0, 0.1) is 0 Å². The summed E-state index contributed by atoms with van der Waals surface area (Å²) in [4.78, 5) is 29.4. The molecule has 3 rings (SSSR count). The van der Waals surface area contributed by atoms with Crippen LogP contribution in [0.5, 0.6) is 0 Å². The van der Waals surface area contributed by atoms with Crippen molar-refractivity contribution in [2.24, 2.45) is 0 Å². The Morgan fingerprint density at radius 2 is 1.62 bits per heavy atom. The van der Waals surface area contributed by atoms with Crippen LogP contribution >= 0.6 is 0 Å². The van der Waals surface area contributed by atoms with E-state index in [1.807, 2.05) is 0 Å². The summed E-state index contributed by atoms with van der Waals surface area (Å²) in [5, 5.41) is 0.0979. The highest BCUT2D eigenvalue weighted by atomic mass is 28.4. The van der Waals surface area contributed by atoms with Crippen LogP contribution in [-0.2, 0) is 23.5 Å². The lowest BCUT2D eigenvalue weighted by Gasteiger charge is -2.38. The number of carbonyl (C=O) groups is 2. The summed E-state index contributed by atoms with van der Waals surface area (Å²) < 4.78 is 17.4. The molecule has 3 heterocycles. The van der Waals surface area contributed by atoms with Crippen molar-refractivity contribution in [1.29, 1.82) is 0 Å². The quantitative estimate of drug-likeness (QED) is 0.544. The van der Waals surface area contributed by atoms with Gasteiger partial charge in [-0.25, -0.2) is 0 Å². The molecular weight excluding hydrogens is 352 g/mol. The molecule has 0 aliphatic carbocycles. The highest BCUT2D eigenvalue weighted by Crippen LogP contribution is 2.41. The van der Waals surface area contributed by atoms with E-state index in [1.165, 1.54) is 0 Å². The van der Waals surface area contributed by atoms with E-state index in [0.29, 0.717) is 25.9 Å². The summed E-state index contributed by atoms with van der Waals surface area (Å²) in [6.45, 7) is 11.8. The van der Waals surface area contributed by atoms with Crippen molar-refractivity contribution in [3.05, 3.63) is 0 Å². The zero-order chi connectivity index (χ0) is 19.5. The van der Waals surface area contributed by atoms with Gasteiger partial charge >= 0.3 is 0 Å². The molecule has 0 aromatic rings.